The number of nitrogens with zero attached hydrogens (tertiary/aromatic N) is 2. The van der Waals surface area contributed by atoms with Crippen LogP contribution in [0.3, 0.4) is 0 Å². The van der Waals surface area contributed by atoms with E-state index < -0.39 is 0 Å². The van der Waals surface area contributed by atoms with Crippen LogP contribution in [-0.2, 0) is 5.41 Å². The Bertz CT molecular complexity index is 2320. The van der Waals surface area contributed by atoms with Gasteiger partial charge < -0.3 is 9.80 Å². The first kappa shape index (κ1) is 32.1. The highest BCUT2D eigenvalue weighted by molar-refractivity contribution is 5.87. The zero-order chi connectivity index (χ0) is 35.0. The summed E-state index contributed by atoms with van der Waals surface area (Å²) < 4.78 is 0. The molecule has 0 radical (unpaired) electrons. The number of rotatable bonds is 8. The molecule has 0 N–H and O–H groups in total. The summed E-state index contributed by atoms with van der Waals surface area (Å²) in [7, 11) is 0. The molecule has 1 aliphatic carbocycles. The predicted octanol–water partition coefficient (Wildman–Crippen LogP) is 13.7. The first-order chi connectivity index (χ1) is 24.8. The summed E-state index contributed by atoms with van der Waals surface area (Å²) in [4.78, 5) is 4.66. The maximum absolute atomic E-state index is 2.40. The summed E-state index contributed by atoms with van der Waals surface area (Å²) >= 11 is 0. The largest absolute Gasteiger partial charge is 0.311 e. The minimum Gasteiger partial charge on any atom is -0.311 e. The molecule has 0 aromatic heterocycles. The Morgan fingerprint density at radius 1 is 0.373 bits per heavy atom. The average molecular weight is 659 g/mol. The second-order valence-electron chi connectivity index (χ2n) is 14.1. The molecule has 0 heterocycles. The monoisotopic (exact) mass is 658 g/mol. The van der Waals surface area contributed by atoms with E-state index in [0.29, 0.717) is 0 Å². The van der Waals surface area contributed by atoms with Gasteiger partial charge in [-0.15, -0.1) is 0 Å². The maximum atomic E-state index is 2.40. The van der Waals surface area contributed by atoms with Crippen LogP contribution >= 0.6 is 0 Å². The summed E-state index contributed by atoms with van der Waals surface area (Å²) in [6.07, 6.45) is 4.46. The molecule has 0 atom stereocenters. The van der Waals surface area contributed by atoms with Crippen molar-refractivity contribution in [2.75, 3.05) is 9.80 Å². The molecule has 2 nitrogen and oxygen atoms in total. The summed E-state index contributed by atoms with van der Waals surface area (Å²) in [5.74, 6) is 0. The Morgan fingerprint density at radius 2 is 0.745 bits per heavy atom. The van der Waals surface area contributed by atoms with Gasteiger partial charge in [0, 0.05) is 39.5 Å². The molecule has 0 fully saturated rings. The highest BCUT2D eigenvalue weighted by atomic mass is 15.1. The van der Waals surface area contributed by atoms with E-state index in [4.69, 9.17) is 0 Å². The number of hydrogen-bond donors (Lipinski definition) is 0. The maximum Gasteiger partial charge on any atom is 0.0465 e. The fourth-order valence-corrected chi connectivity index (χ4v) is 7.35. The SMILES string of the molecule is Cc1ccc(N(c2ccccc2)c2ccc(/C=C/c3ccc4c(c3)C(C)(C)c3cc(N(c5ccccc5)c5ccc(C)cc5)ccc3-4)cc2)cc1. The van der Waals surface area contributed by atoms with Crippen molar-refractivity contribution >= 4 is 46.3 Å². The molecule has 248 valence electrons. The predicted molar refractivity (Wildman–Crippen MR) is 218 cm³/mol. The second kappa shape index (κ2) is 13.3. The number of hydrogen-bond acceptors (Lipinski definition) is 2. The van der Waals surface area contributed by atoms with Crippen LogP contribution < -0.4 is 9.80 Å². The third kappa shape index (κ3) is 6.26. The zero-order valence-electron chi connectivity index (χ0n) is 29.7. The van der Waals surface area contributed by atoms with Crippen molar-refractivity contribution in [3.63, 3.8) is 0 Å². The van der Waals surface area contributed by atoms with Crippen LogP contribution in [0.1, 0.15) is 47.2 Å². The van der Waals surface area contributed by atoms with E-state index >= 15 is 0 Å². The summed E-state index contributed by atoms with van der Waals surface area (Å²) in [6.45, 7) is 8.98. The van der Waals surface area contributed by atoms with Crippen molar-refractivity contribution in [2.45, 2.75) is 33.1 Å². The average Bonchev–Trinajstić information content (AvgIpc) is 3.39. The third-order valence-corrected chi connectivity index (χ3v) is 10.2. The minimum absolute atomic E-state index is 0.140. The van der Waals surface area contributed by atoms with Crippen LogP contribution in [-0.4, -0.2) is 0 Å². The molecule has 0 saturated heterocycles. The van der Waals surface area contributed by atoms with Crippen LogP contribution in [0.25, 0.3) is 23.3 Å². The van der Waals surface area contributed by atoms with E-state index in [9.17, 15) is 0 Å². The molecular weight excluding hydrogens is 617 g/mol. The van der Waals surface area contributed by atoms with E-state index in [1.54, 1.807) is 0 Å². The third-order valence-electron chi connectivity index (χ3n) is 10.2. The Hall–Kier alpha value is -6.12. The number of aryl methyl sites for hydroxylation is 2. The van der Waals surface area contributed by atoms with E-state index in [1.165, 1.54) is 50.2 Å². The van der Waals surface area contributed by atoms with E-state index in [0.717, 1.165) is 28.4 Å². The molecule has 0 amide bonds. The molecular formula is C49H42N2. The van der Waals surface area contributed by atoms with Gasteiger partial charge in [0.15, 0.2) is 0 Å². The van der Waals surface area contributed by atoms with Crippen LogP contribution in [0.2, 0.25) is 0 Å². The first-order valence-electron chi connectivity index (χ1n) is 17.8. The lowest BCUT2D eigenvalue weighted by molar-refractivity contribution is 0.660. The van der Waals surface area contributed by atoms with Crippen LogP contribution in [0.5, 0.6) is 0 Å². The molecule has 51 heavy (non-hydrogen) atoms. The molecule has 7 aromatic rings. The van der Waals surface area contributed by atoms with Gasteiger partial charge in [-0.25, -0.2) is 0 Å². The van der Waals surface area contributed by atoms with Crippen molar-refractivity contribution in [1.82, 2.24) is 0 Å². The molecule has 1 aliphatic rings. The van der Waals surface area contributed by atoms with Crippen LogP contribution in [0, 0.1) is 13.8 Å². The molecule has 7 aromatic carbocycles. The van der Waals surface area contributed by atoms with Crippen molar-refractivity contribution in [2.24, 2.45) is 0 Å². The summed E-state index contributed by atoms with van der Waals surface area (Å²) in [5.41, 5.74) is 17.0. The number of para-hydroxylation sites is 2. The van der Waals surface area contributed by atoms with Gasteiger partial charge in [0.05, 0.1) is 0 Å². The summed E-state index contributed by atoms with van der Waals surface area (Å²) in [5, 5.41) is 0. The molecule has 0 bridgehead atoms. The van der Waals surface area contributed by atoms with Crippen molar-refractivity contribution < 1.29 is 0 Å². The topological polar surface area (TPSA) is 6.48 Å². The van der Waals surface area contributed by atoms with Gasteiger partial charge in [-0.2, -0.15) is 0 Å². The van der Waals surface area contributed by atoms with Crippen LogP contribution in [0.15, 0.2) is 170 Å². The normalized spacial score (nSPS) is 12.8. The van der Waals surface area contributed by atoms with Gasteiger partial charge >= 0.3 is 0 Å². The lowest BCUT2D eigenvalue weighted by atomic mass is 9.81. The van der Waals surface area contributed by atoms with Crippen LogP contribution in [0.4, 0.5) is 34.1 Å². The fourth-order valence-electron chi connectivity index (χ4n) is 7.35. The van der Waals surface area contributed by atoms with Gasteiger partial charge in [-0.3, -0.25) is 0 Å². The molecule has 8 rings (SSSR count). The van der Waals surface area contributed by atoms with E-state index in [1.807, 2.05) is 0 Å². The fraction of sp³-hybridized carbons (Fsp3) is 0.102. The van der Waals surface area contributed by atoms with Crippen molar-refractivity contribution in [3.8, 4) is 11.1 Å². The van der Waals surface area contributed by atoms with Crippen molar-refractivity contribution in [1.29, 1.82) is 0 Å². The van der Waals surface area contributed by atoms with E-state index in [-0.39, 0.29) is 5.41 Å². The lowest BCUT2D eigenvalue weighted by Crippen LogP contribution is -2.16. The quantitative estimate of drug-likeness (QED) is 0.150. The Labute approximate surface area is 302 Å². The van der Waals surface area contributed by atoms with Crippen molar-refractivity contribution in [3.05, 3.63) is 203 Å². The molecule has 0 spiro atoms. The van der Waals surface area contributed by atoms with Gasteiger partial charge in [-0.05, 0) is 120 Å². The van der Waals surface area contributed by atoms with Gasteiger partial charge in [-0.1, -0.05) is 134 Å². The molecule has 0 aliphatic heterocycles. The molecule has 0 saturated carbocycles. The van der Waals surface area contributed by atoms with Gasteiger partial charge in [0.2, 0.25) is 0 Å². The highest BCUT2D eigenvalue weighted by Crippen LogP contribution is 2.51. The lowest BCUT2D eigenvalue weighted by Gasteiger charge is -2.28. The zero-order valence-corrected chi connectivity index (χ0v) is 29.7. The minimum atomic E-state index is -0.140. The molecule has 0 unspecified atom stereocenters. The number of fused-ring (bicyclic) bond motifs is 3. The summed E-state index contributed by atoms with van der Waals surface area (Å²) in [6, 6.07) is 61.5. The Morgan fingerprint density at radius 3 is 1.27 bits per heavy atom. The van der Waals surface area contributed by atoms with Gasteiger partial charge in [0.25, 0.3) is 0 Å². The van der Waals surface area contributed by atoms with Gasteiger partial charge in [0.1, 0.15) is 0 Å². The molecule has 2 heteroatoms. The smallest absolute Gasteiger partial charge is 0.0465 e. The van der Waals surface area contributed by atoms with E-state index in [2.05, 4.69) is 220 Å². The first-order valence-corrected chi connectivity index (χ1v) is 17.8. The standard InChI is InChI=1S/C49H42N2/c1-35-15-24-41(25-16-35)50(39-11-7-5-8-12-39)43-28-21-37(22-29-43)19-20-38-23-31-45-46-32-30-44(34-48(46)49(3,4)47(45)33-38)51(40-13-9-6-10-14-40)42-26-17-36(2)18-27-42/h5-34H,1-4H3/b20-19+. The Kier molecular flexibility index (Phi) is 8.37. The highest BCUT2D eigenvalue weighted by Gasteiger charge is 2.36. The second-order valence-corrected chi connectivity index (χ2v) is 14.1. The number of anilines is 6. The Balaban J connectivity index is 1.07. The number of benzene rings is 7.